The number of amides is 2. The highest BCUT2D eigenvalue weighted by atomic mass is 31.1. The fourth-order valence-corrected chi connectivity index (χ4v) is 4.40. The number of hydrogen-bond acceptors (Lipinski definition) is 2. The van der Waals surface area contributed by atoms with Gasteiger partial charge in [-0.3, -0.25) is 9.59 Å². The Bertz CT molecular complexity index is 398. The van der Waals surface area contributed by atoms with Gasteiger partial charge in [0.15, 0.2) is 0 Å². The molecular formula is C16H29N2O2P. The van der Waals surface area contributed by atoms with E-state index in [0.29, 0.717) is 15.2 Å². The molecule has 21 heavy (non-hydrogen) atoms. The molecule has 120 valence electrons. The lowest BCUT2D eigenvalue weighted by molar-refractivity contribution is -0.148. The van der Waals surface area contributed by atoms with Crippen LogP contribution in [0.25, 0.3) is 0 Å². The molecule has 0 aromatic heterocycles. The van der Waals surface area contributed by atoms with E-state index in [1.54, 1.807) is 0 Å². The van der Waals surface area contributed by atoms with Gasteiger partial charge in [0.05, 0.1) is 5.41 Å². The van der Waals surface area contributed by atoms with Gasteiger partial charge in [-0.25, -0.2) is 0 Å². The first-order valence-corrected chi connectivity index (χ1v) is 9.38. The Kier molecular flexibility index (Phi) is 5.65. The van der Waals surface area contributed by atoms with Crippen LogP contribution in [-0.4, -0.2) is 46.7 Å². The molecule has 0 aromatic rings. The maximum Gasteiger partial charge on any atom is 0.232 e. The van der Waals surface area contributed by atoms with Crippen LogP contribution in [0.5, 0.6) is 0 Å². The van der Waals surface area contributed by atoms with E-state index in [1.807, 2.05) is 18.7 Å². The fourth-order valence-electron chi connectivity index (χ4n) is 2.86. The summed E-state index contributed by atoms with van der Waals surface area (Å²) in [6, 6.07) is 0. The molecule has 0 N–H and O–H groups in total. The molecule has 2 amide bonds. The number of unbranched alkanes of at least 4 members (excludes halogenated alkanes) is 1. The van der Waals surface area contributed by atoms with Crippen LogP contribution in [-0.2, 0) is 9.59 Å². The van der Waals surface area contributed by atoms with Gasteiger partial charge in [-0.2, -0.15) is 0 Å². The third kappa shape index (κ3) is 4.18. The Morgan fingerprint density at radius 2 is 2.14 bits per heavy atom. The molecule has 1 heterocycles. The summed E-state index contributed by atoms with van der Waals surface area (Å²) < 4.78 is 2.08. The van der Waals surface area contributed by atoms with Crippen molar-refractivity contribution in [1.82, 2.24) is 9.57 Å². The molecule has 0 spiro atoms. The van der Waals surface area contributed by atoms with Crippen LogP contribution >= 0.6 is 8.73 Å². The van der Waals surface area contributed by atoms with Crippen LogP contribution < -0.4 is 0 Å². The van der Waals surface area contributed by atoms with Crippen LogP contribution in [0.1, 0.15) is 59.3 Å². The van der Waals surface area contributed by atoms with Crippen molar-refractivity contribution < 1.29 is 9.59 Å². The summed E-state index contributed by atoms with van der Waals surface area (Å²) in [5.41, 5.74) is 0.263. The highest BCUT2D eigenvalue weighted by Crippen LogP contribution is 2.45. The minimum atomic E-state index is -0.474. The molecule has 1 saturated heterocycles. The molecule has 1 aliphatic carbocycles. The summed E-state index contributed by atoms with van der Waals surface area (Å²) in [5.74, 6) is 0.370. The molecule has 5 heteroatoms. The Balaban J connectivity index is 2.01. The van der Waals surface area contributed by atoms with Gasteiger partial charge in [0.2, 0.25) is 11.8 Å². The van der Waals surface area contributed by atoms with E-state index < -0.39 is 5.41 Å². The van der Waals surface area contributed by atoms with Crippen molar-refractivity contribution in [2.24, 2.45) is 5.41 Å². The van der Waals surface area contributed by atoms with E-state index in [-0.39, 0.29) is 11.8 Å². The van der Waals surface area contributed by atoms with E-state index in [1.165, 1.54) is 12.8 Å². The molecule has 1 aliphatic heterocycles. The minimum Gasteiger partial charge on any atom is -0.343 e. The van der Waals surface area contributed by atoms with Crippen molar-refractivity contribution in [3.63, 3.8) is 0 Å². The molecule has 2 rings (SSSR count). The second-order valence-electron chi connectivity index (χ2n) is 6.67. The van der Waals surface area contributed by atoms with Crippen LogP contribution in [0.4, 0.5) is 0 Å². The topological polar surface area (TPSA) is 40.6 Å². The van der Waals surface area contributed by atoms with Crippen LogP contribution in [0.15, 0.2) is 0 Å². The highest BCUT2D eigenvalue weighted by molar-refractivity contribution is 7.37. The summed E-state index contributed by atoms with van der Waals surface area (Å²) >= 11 is 0. The molecule has 0 radical (unpaired) electrons. The normalized spacial score (nSPS) is 26.6. The highest BCUT2D eigenvalue weighted by Gasteiger charge is 2.43. The van der Waals surface area contributed by atoms with Gasteiger partial charge in [-0.1, -0.05) is 20.3 Å². The lowest BCUT2D eigenvalue weighted by Crippen LogP contribution is -2.49. The SMILES string of the molecule is CCCCN(PC1CC1)C(=O)C1(C)CCN(CC)C(=O)C1. The standard InChI is InChI=1S/C16H29N2O2P/c1-4-6-10-18(21-13-7-8-13)15(20)16(3)9-11-17(5-2)14(19)12-16/h13,21H,4-12H2,1-3H3. The lowest BCUT2D eigenvalue weighted by Gasteiger charge is -2.40. The molecule has 0 bridgehead atoms. The predicted octanol–water partition coefficient (Wildman–Crippen LogP) is 3.02. The van der Waals surface area contributed by atoms with Gasteiger partial charge in [0, 0.05) is 26.1 Å². The number of rotatable bonds is 7. The summed E-state index contributed by atoms with van der Waals surface area (Å²) in [4.78, 5) is 27.0. The zero-order valence-electron chi connectivity index (χ0n) is 13.7. The van der Waals surface area contributed by atoms with E-state index >= 15 is 0 Å². The van der Waals surface area contributed by atoms with E-state index in [0.717, 1.165) is 44.6 Å². The van der Waals surface area contributed by atoms with Gasteiger partial charge in [-0.05, 0) is 47.0 Å². The van der Waals surface area contributed by atoms with Gasteiger partial charge in [-0.15, -0.1) is 0 Å². The molecule has 2 fully saturated rings. The number of piperidine rings is 1. The van der Waals surface area contributed by atoms with Crippen molar-refractivity contribution in [2.75, 3.05) is 19.6 Å². The largest absolute Gasteiger partial charge is 0.343 e. The number of nitrogens with zero attached hydrogens (tertiary/aromatic N) is 2. The number of likely N-dealkylation sites (tertiary alicyclic amines) is 1. The second-order valence-corrected chi connectivity index (χ2v) is 8.29. The van der Waals surface area contributed by atoms with Crippen molar-refractivity contribution in [3.05, 3.63) is 0 Å². The molecule has 1 saturated carbocycles. The van der Waals surface area contributed by atoms with E-state index in [2.05, 4.69) is 11.6 Å². The lowest BCUT2D eigenvalue weighted by atomic mass is 9.79. The molecule has 2 atom stereocenters. The number of hydrogen-bond donors (Lipinski definition) is 0. The monoisotopic (exact) mass is 312 g/mol. The van der Waals surface area contributed by atoms with E-state index in [9.17, 15) is 9.59 Å². The molecule has 2 unspecified atom stereocenters. The molecular weight excluding hydrogens is 283 g/mol. The Labute approximate surface area is 130 Å². The van der Waals surface area contributed by atoms with Crippen LogP contribution in [0.2, 0.25) is 0 Å². The molecule has 2 aliphatic rings. The Hall–Kier alpha value is -0.630. The van der Waals surface area contributed by atoms with Gasteiger partial charge >= 0.3 is 0 Å². The quantitative estimate of drug-likeness (QED) is 0.678. The summed E-state index contributed by atoms with van der Waals surface area (Å²) in [7, 11) is 0.631. The number of carbonyl (C=O) groups excluding carboxylic acids is 2. The first-order chi connectivity index (χ1) is 10.00. The molecule has 4 nitrogen and oxygen atoms in total. The fraction of sp³-hybridized carbons (Fsp3) is 0.875. The van der Waals surface area contributed by atoms with Gasteiger partial charge < -0.3 is 9.57 Å². The van der Waals surface area contributed by atoms with Gasteiger partial charge in [0.25, 0.3) is 0 Å². The summed E-state index contributed by atoms with van der Waals surface area (Å²) in [6.07, 6.45) is 5.91. The van der Waals surface area contributed by atoms with Crippen molar-refractivity contribution in [2.45, 2.75) is 65.0 Å². The van der Waals surface area contributed by atoms with E-state index in [4.69, 9.17) is 0 Å². The zero-order chi connectivity index (χ0) is 15.5. The van der Waals surface area contributed by atoms with Crippen molar-refractivity contribution >= 4 is 20.5 Å². The first kappa shape index (κ1) is 16.7. The first-order valence-electron chi connectivity index (χ1n) is 8.36. The predicted molar refractivity (Wildman–Crippen MR) is 87.6 cm³/mol. The maximum atomic E-state index is 13.0. The average molecular weight is 312 g/mol. The van der Waals surface area contributed by atoms with Crippen molar-refractivity contribution in [1.29, 1.82) is 0 Å². The third-order valence-electron chi connectivity index (χ3n) is 4.62. The average Bonchev–Trinajstić information content (AvgIpc) is 3.27. The van der Waals surface area contributed by atoms with Crippen LogP contribution in [0, 0.1) is 5.41 Å². The van der Waals surface area contributed by atoms with Crippen LogP contribution in [0.3, 0.4) is 0 Å². The second kappa shape index (κ2) is 7.09. The summed E-state index contributed by atoms with van der Waals surface area (Å²) in [5, 5.41) is 0. The number of carbonyl (C=O) groups is 2. The molecule has 0 aromatic carbocycles. The maximum absolute atomic E-state index is 13.0. The van der Waals surface area contributed by atoms with Gasteiger partial charge in [0.1, 0.15) is 0 Å². The Morgan fingerprint density at radius 3 is 2.67 bits per heavy atom. The zero-order valence-corrected chi connectivity index (χ0v) is 14.7. The van der Waals surface area contributed by atoms with Crippen molar-refractivity contribution in [3.8, 4) is 0 Å². The smallest absolute Gasteiger partial charge is 0.232 e. The third-order valence-corrected chi connectivity index (χ3v) is 6.30. The summed E-state index contributed by atoms with van der Waals surface area (Å²) in [6.45, 7) is 8.51. The Morgan fingerprint density at radius 1 is 1.43 bits per heavy atom. The minimum absolute atomic E-state index is 0.143.